The molecule has 0 fully saturated rings. The van der Waals surface area contributed by atoms with Crippen molar-refractivity contribution in [2.45, 2.75) is 26.8 Å². The number of nitrogens with one attached hydrogen (secondary N) is 2. The number of nitrogens with zero attached hydrogens (tertiary/aromatic N) is 2. The van der Waals surface area contributed by atoms with Crippen LogP contribution >= 0.6 is 0 Å². The van der Waals surface area contributed by atoms with E-state index in [1.807, 2.05) is 73.1 Å². The summed E-state index contributed by atoms with van der Waals surface area (Å²) in [7, 11) is 0. The van der Waals surface area contributed by atoms with E-state index in [2.05, 4.69) is 15.6 Å². The van der Waals surface area contributed by atoms with Gasteiger partial charge in [0.15, 0.2) is 0 Å². The third kappa shape index (κ3) is 4.85. The number of hydrogen-bond donors (Lipinski definition) is 2. The molecule has 0 saturated heterocycles. The molecular formula is C22H24N4O2. The summed E-state index contributed by atoms with van der Waals surface area (Å²) in [6.07, 6.45) is 4.37. The lowest BCUT2D eigenvalue weighted by molar-refractivity contribution is -0.136. The number of anilines is 1. The Labute approximate surface area is 164 Å². The fourth-order valence-corrected chi connectivity index (χ4v) is 2.92. The molecule has 0 bridgehead atoms. The number of hydrogen-bond acceptors (Lipinski definition) is 3. The molecule has 6 heteroatoms. The molecule has 1 aromatic heterocycles. The number of aryl methyl sites for hydroxylation is 3. The molecule has 144 valence electrons. The number of amides is 2. The number of carbonyl (C=O) groups excluding carboxylic acids is 2. The van der Waals surface area contributed by atoms with E-state index in [1.165, 1.54) is 0 Å². The second-order valence-electron chi connectivity index (χ2n) is 6.69. The summed E-state index contributed by atoms with van der Waals surface area (Å²) < 4.78 is 2.04. The van der Waals surface area contributed by atoms with Crippen LogP contribution < -0.4 is 10.6 Å². The Morgan fingerprint density at radius 1 is 1.04 bits per heavy atom. The zero-order valence-corrected chi connectivity index (χ0v) is 16.1. The number of benzene rings is 2. The molecule has 3 aromatic rings. The van der Waals surface area contributed by atoms with E-state index >= 15 is 0 Å². The molecular weight excluding hydrogens is 352 g/mol. The van der Waals surface area contributed by atoms with Crippen LogP contribution in [0.4, 0.5) is 5.69 Å². The average molecular weight is 376 g/mol. The standard InChI is InChI=1S/C22H24N4O2/c1-16-9-10-17(2)19(15-16)25-22(28)21(27)24-11-6-13-26-14-12-23-20(26)18-7-4-3-5-8-18/h3-5,7-10,12,14-15H,6,11,13H2,1-2H3,(H,24,27)(H,25,28). The van der Waals surface area contributed by atoms with Crippen molar-refractivity contribution in [3.05, 3.63) is 72.1 Å². The molecule has 0 aliphatic rings. The van der Waals surface area contributed by atoms with E-state index in [0.717, 1.165) is 22.5 Å². The Hall–Kier alpha value is -3.41. The minimum absolute atomic E-state index is 0.408. The van der Waals surface area contributed by atoms with Gasteiger partial charge in [0.1, 0.15) is 5.82 Å². The summed E-state index contributed by atoms with van der Waals surface area (Å²) in [5.74, 6) is -0.393. The first-order valence-corrected chi connectivity index (χ1v) is 9.27. The largest absolute Gasteiger partial charge is 0.348 e. The van der Waals surface area contributed by atoms with Crippen LogP contribution in [0.3, 0.4) is 0 Å². The minimum Gasteiger partial charge on any atom is -0.348 e. The van der Waals surface area contributed by atoms with Crippen molar-refractivity contribution >= 4 is 17.5 Å². The highest BCUT2D eigenvalue weighted by atomic mass is 16.2. The number of rotatable bonds is 6. The number of imidazole rings is 1. The first kappa shape index (κ1) is 19.4. The lowest BCUT2D eigenvalue weighted by Gasteiger charge is -2.10. The van der Waals surface area contributed by atoms with Crippen molar-refractivity contribution in [3.8, 4) is 11.4 Å². The zero-order chi connectivity index (χ0) is 19.9. The normalized spacial score (nSPS) is 10.5. The highest BCUT2D eigenvalue weighted by Gasteiger charge is 2.14. The maximum atomic E-state index is 12.1. The molecule has 0 aliphatic heterocycles. The number of aromatic nitrogens is 2. The Kier molecular flexibility index (Phi) is 6.22. The Balaban J connectivity index is 1.48. The third-order valence-electron chi connectivity index (χ3n) is 4.46. The fourth-order valence-electron chi connectivity index (χ4n) is 2.92. The highest BCUT2D eigenvalue weighted by Crippen LogP contribution is 2.17. The van der Waals surface area contributed by atoms with Gasteiger partial charge in [0, 0.05) is 36.7 Å². The van der Waals surface area contributed by atoms with E-state index in [1.54, 1.807) is 6.20 Å². The molecule has 0 unspecified atom stereocenters. The molecule has 2 N–H and O–H groups in total. The molecule has 2 amide bonds. The van der Waals surface area contributed by atoms with Gasteiger partial charge in [-0.2, -0.15) is 0 Å². The SMILES string of the molecule is Cc1ccc(C)c(NC(=O)C(=O)NCCCn2ccnc2-c2ccccc2)c1. The lowest BCUT2D eigenvalue weighted by atomic mass is 10.1. The van der Waals surface area contributed by atoms with Crippen molar-refractivity contribution in [1.82, 2.24) is 14.9 Å². The van der Waals surface area contributed by atoms with Crippen LogP contribution in [-0.4, -0.2) is 27.9 Å². The van der Waals surface area contributed by atoms with E-state index in [0.29, 0.717) is 25.2 Å². The summed E-state index contributed by atoms with van der Waals surface area (Å²) in [6, 6.07) is 15.7. The maximum absolute atomic E-state index is 12.1. The average Bonchev–Trinajstić information content (AvgIpc) is 3.17. The minimum atomic E-state index is -0.652. The van der Waals surface area contributed by atoms with E-state index in [-0.39, 0.29) is 0 Å². The molecule has 0 atom stereocenters. The summed E-state index contributed by atoms with van der Waals surface area (Å²) >= 11 is 0. The van der Waals surface area contributed by atoms with Gasteiger partial charge in [-0.1, -0.05) is 42.5 Å². The van der Waals surface area contributed by atoms with Crippen molar-refractivity contribution in [3.63, 3.8) is 0 Å². The second-order valence-corrected chi connectivity index (χ2v) is 6.69. The zero-order valence-electron chi connectivity index (χ0n) is 16.1. The first-order chi connectivity index (χ1) is 13.5. The van der Waals surface area contributed by atoms with Gasteiger partial charge in [0.25, 0.3) is 0 Å². The summed E-state index contributed by atoms with van der Waals surface area (Å²) in [5, 5.41) is 5.34. The molecule has 28 heavy (non-hydrogen) atoms. The van der Waals surface area contributed by atoms with E-state index in [4.69, 9.17) is 0 Å². The molecule has 0 saturated carbocycles. The smallest absolute Gasteiger partial charge is 0.313 e. The summed E-state index contributed by atoms with van der Waals surface area (Å²) in [6.45, 7) is 4.94. The Bertz CT molecular complexity index is 964. The van der Waals surface area contributed by atoms with Gasteiger partial charge in [-0.05, 0) is 37.5 Å². The number of carbonyl (C=O) groups is 2. The van der Waals surface area contributed by atoms with Gasteiger partial charge in [-0.15, -0.1) is 0 Å². The van der Waals surface area contributed by atoms with Crippen molar-refractivity contribution in [2.75, 3.05) is 11.9 Å². The van der Waals surface area contributed by atoms with Crippen LogP contribution in [-0.2, 0) is 16.1 Å². The topological polar surface area (TPSA) is 76.0 Å². The molecule has 2 aromatic carbocycles. The second kappa shape index (κ2) is 8.99. The summed E-state index contributed by atoms with van der Waals surface area (Å²) in [5.41, 5.74) is 3.65. The maximum Gasteiger partial charge on any atom is 0.313 e. The van der Waals surface area contributed by atoms with Gasteiger partial charge in [0.05, 0.1) is 0 Å². The van der Waals surface area contributed by atoms with Crippen LogP contribution in [0.1, 0.15) is 17.5 Å². The molecule has 0 spiro atoms. The van der Waals surface area contributed by atoms with Crippen LogP contribution in [0, 0.1) is 13.8 Å². The third-order valence-corrected chi connectivity index (χ3v) is 4.46. The van der Waals surface area contributed by atoms with Crippen LogP contribution in [0.15, 0.2) is 60.9 Å². The quantitative estimate of drug-likeness (QED) is 0.512. The van der Waals surface area contributed by atoms with Gasteiger partial charge < -0.3 is 15.2 Å². The Morgan fingerprint density at radius 2 is 1.82 bits per heavy atom. The highest BCUT2D eigenvalue weighted by molar-refractivity contribution is 6.39. The molecule has 0 aliphatic carbocycles. The van der Waals surface area contributed by atoms with Crippen LogP contribution in [0.5, 0.6) is 0 Å². The Morgan fingerprint density at radius 3 is 2.61 bits per heavy atom. The lowest BCUT2D eigenvalue weighted by Crippen LogP contribution is -2.36. The molecule has 1 heterocycles. The van der Waals surface area contributed by atoms with Crippen LogP contribution in [0.25, 0.3) is 11.4 Å². The van der Waals surface area contributed by atoms with E-state index < -0.39 is 11.8 Å². The predicted octanol–water partition coefficient (Wildman–Crippen LogP) is 3.31. The molecule has 6 nitrogen and oxygen atoms in total. The van der Waals surface area contributed by atoms with E-state index in [9.17, 15) is 9.59 Å². The first-order valence-electron chi connectivity index (χ1n) is 9.27. The molecule has 0 radical (unpaired) electrons. The van der Waals surface area contributed by atoms with Gasteiger partial charge in [-0.25, -0.2) is 4.98 Å². The van der Waals surface area contributed by atoms with Crippen molar-refractivity contribution in [1.29, 1.82) is 0 Å². The summed E-state index contributed by atoms with van der Waals surface area (Å²) in [4.78, 5) is 28.6. The van der Waals surface area contributed by atoms with Crippen LogP contribution in [0.2, 0.25) is 0 Å². The van der Waals surface area contributed by atoms with Gasteiger partial charge in [0.2, 0.25) is 0 Å². The molecule has 3 rings (SSSR count). The van der Waals surface area contributed by atoms with Crippen molar-refractivity contribution in [2.24, 2.45) is 0 Å². The fraction of sp³-hybridized carbons (Fsp3) is 0.227. The monoisotopic (exact) mass is 376 g/mol. The predicted molar refractivity (Wildman–Crippen MR) is 110 cm³/mol. The van der Waals surface area contributed by atoms with Gasteiger partial charge >= 0.3 is 11.8 Å². The van der Waals surface area contributed by atoms with Gasteiger partial charge in [-0.3, -0.25) is 9.59 Å². The van der Waals surface area contributed by atoms with Crippen molar-refractivity contribution < 1.29 is 9.59 Å².